The third-order valence-corrected chi connectivity index (χ3v) is 9.97. The quantitative estimate of drug-likeness (QED) is 0.258. The Bertz CT molecular complexity index is 1350. The number of rotatable bonds is 13. The van der Waals surface area contributed by atoms with E-state index in [2.05, 4.69) is 36.2 Å². The molecule has 1 heterocycles. The molecule has 0 radical (unpaired) electrons. The lowest BCUT2D eigenvalue weighted by molar-refractivity contribution is -0.152. The van der Waals surface area contributed by atoms with E-state index in [4.69, 9.17) is 4.74 Å². The van der Waals surface area contributed by atoms with E-state index in [-0.39, 0.29) is 30.5 Å². The molecule has 0 aromatic heterocycles. The van der Waals surface area contributed by atoms with Crippen LogP contribution < -0.4 is 5.32 Å². The lowest BCUT2D eigenvalue weighted by Crippen LogP contribution is -2.53. The van der Waals surface area contributed by atoms with Crippen LogP contribution in [0.25, 0.3) is 0 Å². The Balaban J connectivity index is 0.00000484. The first-order valence-electron chi connectivity index (χ1n) is 14.5. The van der Waals surface area contributed by atoms with Gasteiger partial charge in [0.05, 0.1) is 17.0 Å². The van der Waals surface area contributed by atoms with Gasteiger partial charge in [0, 0.05) is 32.1 Å². The molecule has 42 heavy (non-hydrogen) atoms. The van der Waals surface area contributed by atoms with E-state index in [0.29, 0.717) is 24.5 Å². The number of carbonyl (C=O) groups excluding carboxylic acids is 1. The first kappa shape index (κ1) is 33.7. The minimum atomic E-state index is -3.63. The van der Waals surface area contributed by atoms with Crippen molar-refractivity contribution in [3.63, 3.8) is 0 Å². The Morgan fingerprint density at radius 3 is 2.21 bits per heavy atom. The molecule has 1 N–H and O–H groups in total. The summed E-state index contributed by atoms with van der Waals surface area (Å²) in [7, 11) is -1.96. The van der Waals surface area contributed by atoms with Crippen molar-refractivity contribution in [3.8, 4) is 0 Å². The number of benzene rings is 3. The van der Waals surface area contributed by atoms with Crippen LogP contribution in [-0.2, 0) is 31.6 Å². The number of likely N-dealkylation sites (tertiary alicyclic amines) is 1. The van der Waals surface area contributed by atoms with Crippen LogP contribution in [0.5, 0.6) is 0 Å². The van der Waals surface area contributed by atoms with Crippen molar-refractivity contribution >= 4 is 28.4 Å². The number of piperidine rings is 1. The molecule has 1 aliphatic rings. The van der Waals surface area contributed by atoms with E-state index >= 15 is 0 Å². The fraction of sp³-hybridized carbons (Fsp3) is 0.424. The molecule has 1 fully saturated rings. The largest absolute Gasteiger partial charge is 0.461 e. The Kier molecular flexibility index (Phi) is 12.6. The molecule has 4 rings (SSSR count). The van der Waals surface area contributed by atoms with Crippen molar-refractivity contribution < 1.29 is 17.9 Å². The SMILES string of the molecule is CCN[C@@H]1CC(C(=O)OCc2ccccc2)CCN1CC[C@@](C)(CN(C)S(=O)(=O)c1ccccc1)c1ccccc1.Cl. The predicted molar refractivity (Wildman–Crippen MR) is 170 cm³/mol. The fourth-order valence-corrected chi connectivity index (χ4v) is 7.00. The standard InChI is InChI=1S/C33H43N3O4S.ClH/c1-4-34-31-24-28(32(37)40-25-27-14-8-5-9-15-27)20-22-36(31)23-21-33(2,29-16-10-6-11-17-29)26-35(3)41(38,39)30-18-12-7-13-19-30;/h5-19,28,31,34H,4,20-26H2,1-3H3;1H/t28?,31-,33-;/m0./s1. The third-order valence-electron chi connectivity index (χ3n) is 8.15. The van der Waals surface area contributed by atoms with E-state index in [9.17, 15) is 13.2 Å². The van der Waals surface area contributed by atoms with Crippen molar-refractivity contribution in [2.45, 2.75) is 56.2 Å². The highest BCUT2D eigenvalue weighted by Crippen LogP contribution is 2.32. The van der Waals surface area contributed by atoms with E-state index in [1.54, 1.807) is 31.3 Å². The van der Waals surface area contributed by atoms with Crippen molar-refractivity contribution in [1.82, 2.24) is 14.5 Å². The zero-order valence-corrected chi connectivity index (χ0v) is 26.4. The summed E-state index contributed by atoms with van der Waals surface area (Å²) in [6.07, 6.45) is 2.23. The summed E-state index contributed by atoms with van der Waals surface area (Å²) in [6, 6.07) is 28.5. The number of halogens is 1. The monoisotopic (exact) mass is 613 g/mol. The Morgan fingerprint density at radius 2 is 1.60 bits per heavy atom. The molecule has 7 nitrogen and oxygen atoms in total. The summed E-state index contributed by atoms with van der Waals surface area (Å²) in [5.41, 5.74) is 1.68. The van der Waals surface area contributed by atoms with Crippen molar-refractivity contribution in [2.24, 2.45) is 5.92 Å². The molecule has 3 aromatic rings. The maximum atomic E-state index is 13.4. The van der Waals surface area contributed by atoms with Crippen LogP contribution in [0.2, 0.25) is 0 Å². The van der Waals surface area contributed by atoms with Gasteiger partial charge < -0.3 is 10.1 Å². The summed E-state index contributed by atoms with van der Waals surface area (Å²) < 4.78 is 33.9. The zero-order chi connectivity index (χ0) is 29.3. The molecule has 1 unspecified atom stereocenters. The molecular weight excluding hydrogens is 570 g/mol. The summed E-state index contributed by atoms with van der Waals surface area (Å²) in [5.74, 6) is -0.292. The molecule has 0 bridgehead atoms. The number of nitrogens with one attached hydrogen (secondary N) is 1. The molecule has 0 amide bonds. The maximum absolute atomic E-state index is 13.4. The van der Waals surface area contributed by atoms with Crippen LogP contribution in [0.15, 0.2) is 95.9 Å². The molecule has 0 spiro atoms. The van der Waals surface area contributed by atoms with Gasteiger partial charge in [-0.25, -0.2) is 12.7 Å². The van der Waals surface area contributed by atoms with Gasteiger partial charge in [0.2, 0.25) is 10.0 Å². The van der Waals surface area contributed by atoms with Crippen LogP contribution in [0, 0.1) is 5.92 Å². The second-order valence-corrected chi connectivity index (χ2v) is 13.2. The molecule has 0 aliphatic carbocycles. The van der Waals surface area contributed by atoms with Crippen LogP contribution in [-0.4, -0.2) is 63.0 Å². The van der Waals surface area contributed by atoms with Gasteiger partial charge in [0.25, 0.3) is 0 Å². The Hall–Kier alpha value is -2.75. The highest BCUT2D eigenvalue weighted by atomic mass is 35.5. The van der Waals surface area contributed by atoms with Crippen molar-refractivity contribution in [3.05, 3.63) is 102 Å². The van der Waals surface area contributed by atoms with Gasteiger partial charge in [-0.2, -0.15) is 0 Å². The number of nitrogens with zero attached hydrogens (tertiary/aromatic N) is 2. The number of ether oxygens (including phenoxy) is 1. The average Bonchev–Trinajstić information content (AvgIpc) is 3.00. The predicted octanol–water partition coefficient (Wildman–Crippen LogP) is 5.47. The molecule has 0 saturated carbocycles. The average molecular weight is 614 g/mol. The summed E-state index contributed by atoms with van der Waals surface area (Å²) in [6.45, 7) is 7.20. The summed E-state index contributed by atoms with van der Waals surface area (Å²) in [4.78, 5) is 15.6. The highest BCUT2D eigenvalue weighted by molar-refractivity contribution is 7.89. The number of hydrogen-bond donors (Lipinski definition) is 1. The Morgan fingerprint density at radius 1 is 1.00 bits per heavy atom. The molecule has 228 valence electrons. The lowest BCUT2D eigenvalue weighted by Gasteiger charge is -2.42. The van der Waals surface area contributed by atoms with E-state index in [1.165, 1.54) is 4.31 Å². The Labute approximate surface area is 257 Å². The summed E-state index contributed by atoms with van der Waals surface area (Å²) in [5, 5.41) is 3.57. The highest BCUT2D eigenvalue weighted by Gasteiger charge is 2.36. The second kappa shape index (κ2) is 15.6. The molecule has 1 aliphatic heterocycles. The fourth-order valence-electron chi connectivity index (χ4n) is 5.68. The topological polar surface area (TPSA) is 79.0 Å². The number of esters is 1. The molecule has 1 saturated heterocycles. The summed E-state index contributed by atoms with van der Waals surface area (Å²) >= 11 is 0. The maximum Gasteiger partial charge on any atom is 0.309 e. The second-order valence-electron chi connectivity index (χ2n) is 11.2. The molecule has 3 atom stereocenters. The van der Waals surface area contributed by atoms with Crippen LogP contribution in [0.1, 0.15) is 44.2 Å². The molecule has 9 heteroatoms. The first-order valence-corrected chi connectivity index (χ1v) is 15.9. The van der Waals surface area contributed by atoms with Gasteiger partial charge in [-0.15, -0.1) is 12.4 Å². The van der Waals surface area contributed by atoms with E-state index in [1.807, 2.05) is 54.6 Å². The van der Waals surface area contributed by atoms with Gasteiger partial charge in [0.1, 0.15) is 6.61 Å². The number of carbonyl (C=O) groups is 1. The normalized spacial score (nSPS) is 19.0. The first-order chi connectivity index (χ1) is 19.7. The zero-order valence-electron chi connectivity index (χ0n) is 24.8. The van der Waals surface area contributed by atoms with Crippen LogP contribution >= 0.6 is 12.4 Å². The van der Waals surface area contributed by atoms with E-state index in [0.717, 1.165) is 43.6 Å². The van der Waals surface area contributed by atoms with Gasteiger partial charge in [0.15, 0.2) is 0 Å². The van der Waals surface area contributed by atoms with Gasteiger partial charge in [-0.3, -0.25) is 9.69 Å². The minimum absolute atomic E-state index is 0. The van der Waals surface area contributed by atoms with Crippen molar-refractivity contribution in [2.75, 3.05) is 33.2 Å². The number of likely N-dealkylation sites (N-methyl/N-ethyl adjacent to an activating group) is 1. The van der Waals surface area contributed by atoms with E-state index < -0.39 is 15.4 Å². The molecule has 3 aromatic carbocycles. The van der Waals surface area contributed by atoms with Crippen molar-refractivity contribution in [1.29, 1.82) is 0 Å². The van der Waals surface area contributed by atoms with Crippen LogP contribution in [0.3, 0.4) is 0 Å². The van der Waals surface area contributed by atoms with Gasteiger partial charge in [-0.1, -0.05) is 92.7 Å². The van der Waals surface area contributed by atoms with Gasteiger partial charge >= 0.3 is 5.97 Å². The smallest absolute Gasteiger partial charge is 0.309 e. The van der Waals surface area contributed by atoms with Crippen LogP contribution in [0.4, 0.5) is 0 Å². The third kappa shape index (κ3) is 8.64. The number of sulfonamides is 1. The molecular formula is C33H44ClN3O4S. The van der Waals surface area contributed by atoms with Gasteiger partial charge in [-0.05, 0) is 49.1 Å². The number of hydrogen-bond acceptors (Lipinski definition) is 6. The lowest BCUT2D eigenvalue weighted by atomic mass is 9.79. The minimum Gasteiger partial charge on any atom is -0.461 e.